The van der Waals surface area contributed by atoms with Crippen molar-refractivity contribution < 1.29 is 24.6 Å². The molecule has 1 aliphatic rings. The van der Waals surface area contributed by atoms with Crippen molar-refractivity contribution in [2.45, 2.75) is 38.8 Å². The van der Waals surface area contributed by atoms with E-state index in [1.54, 1.807) is 4.90 Å². The van der Waals surface area contributed by atoms with Crippen molar-refractivity contribution >= 4 is 17.8 Å². The van der Waals surface area contributed by atoms with E-state index in [9.17, 15) is 24.3 Å². The molecule has 1 saturated heterocycles. The number of aliphatic carboxylic acids is 1. The number of hydrogen-bond acceptors (Lipinski definition) is 5. The second-order valence-corrected chi connectivity index (χ2v) is 6.68. The summed E-state index contributed by atoms with van der Waals surface area (Å²) < 4.78 is 1.52. The molecule has 0 bridgehead atoms. The molecule has 0 saturated carbocycles. The van der Waals surface area contributed by atoms with Crippen molar-refractivity contribution in [2.75, 3.05) is 19.6 Å². The zero-order valence-electron chi connectivity index (χ0n) is 14.8. The van der Waals surface area contributed by atoms with Crippen LogP contribution in [0.15, 0.2) is 17.2 Å². The zero-order valence-corrected chi connectivity index (χ0v) is 14.8. The average molecular weight is 365 g/mol. The molecule has 2 rings (SSSR count). The van der Waals surface area contributed by atoms with Crippen LogP contribution in [-0.4, -0.2) is 63.2 Å². The highest BCUT2D eigenvalue weighted by Crippen LogP contribution is 2.12. The van der Waals surface area contributed by atoms with Crippen LogP contribution in [0.25, 0.3) is 0 Å². The Balaban J connectivity index is 2.14. The monoisotopic (exact) mass is 365 g/mol. The van der Waals surface area contributed by atoms with E-state index in [1.807, 2.05) is 13.8 Å². The third-order valence-corrected chi connectivity index (χ3v) is 4.40. The van der Waals surface area contributed by atoms with Gasteiger partial charge in [0.2, 0.25) is 5.43 Å². The van der Waals surface area contributed by atoms with E-state index in [-0.39, 0.29) is 24.2 Å². The van der Waals surface area contributed by atoms with Gasteiger partial charge in [-0.05, 0) is 26.7 Å². The molecule has 142 valence electrons. The van der Waals surface area contributed by atoms with Gasteiger partial charge in [-0.2, -0.15) is 0 Å². The maximum atomic E-state index is 12.5. The molecule has 1 aromatic heterocycles. The lowest BCUT2D eigenvalue weighted by atomic mass is 10.0. The van der Waals surface area contributed by atoms with Crippen molar-refractivity contribution in [2.24, 2.45) is 0 Å². The molecule has 1 aromatic rings. The lowest BCUT2D eigenvalue weighted by Gasteiger charge is -2.31. The second kappa shape index (κ2) is 8.13. The van der Waals surface area contributed by atoms with Crippen LogP contribution < -0.4 is 10.7 Å². The van der Waals surface area contributed by atoms with Crippen molar-refractivity contribution in [3.05, 3.63) is 33.7 Å². The second-order valence-electron chi connectivity index (χ2n) is 6.68. The van der Waals surface area contributed by atoms with E-state index in [0.717, 1.165) is 0 Å². The third-order valence-electron chi connectivity index (χ3n) is 4.40. The molecule has 0 unspecified atom stereocenters. The van der Waals surface area contributed by atoms with Gasteiger partial charge in [0.1, 0.15) is 11.1 Å². The maximum absolute atomic E-state index is 12.5. The number of carboxylic acids is 2. The number of hydrogen-bond donors (Lipinski definition) is 3. The highest BCUT2D eigenvalue weighted by atomic mass is 16.4. The van der Waals surface area contributed by atoms with Gasteiger partial charge in [-0.3, -0.25) is 19.3 Å². The SMILES string of the molecule is CC(C)n1cc(C(=O)O)c(=O)c(C(=O)NC2CCN(CC(=O)O)CC2)c1. The van der Waals surface area contributed by atoms with E-state index in [4.69, 9.17) is 5.11 Å². The first-order chi connectivity index (χ1) is 12.2. The van der Waals surface area contributed by atoms with Crippen molar-refractivity contribution in [3.63, 3.8) is 0 Å². The quantitative estimate of drug-likeness (QED) is 0.666. The number of rotatable bonds is 6. The number of nitrogens with zero attached hydrogens (tertiary/aromatic N) is 2. The number of pyridine rings is 1. The van der Waals surface area contributed by atoms with Crippen LogP contribution in [0.3, 0.4) is 0 Å². The molecule has 9 nitrogen and oxygen atoms in total. The molecule has 9 heteroatoms. The summed E-state index contributed by atoms with van der Waals surface area (Å²) in [5.41, 5.74) is -1.45. The fourth-order valence-corrected chi connectivity index (χ4v) is 2.90. The predicted octanol–water partition coefficient (Wildman–Crippen LogP) is 0.406. The van der Waals surface area contributed by atoms with Crippen molar-refractivity contribution in [1.82, 2.24) is 14.8 Å². The first kappa shape index (κ1) is 19.6. The summed E-state index contributed by atoms with van der Waals surface area (Å²) >= 11 is 0. The summed E-state index contributed by atoms with van der Waals surface area (Å²) in [5.74, 6) is -2.88. The number of amides is 1. The van der Waals surface area contributed by atoms with Crippen LogP contribution in [0.4, 0.5) is 0 Å². The summed E-state index contributed by atoms with van der Waals surface area (Å²) in [6, 6.07) is -0.299. The Morgan fingerprint density at radius 3 is 2.23 bits per heavy atom. The summed E-state index contributed by atoms with van der Waals surface area (Å²) in [6.07, 6.45) is 3.73. The van der Waals surface area contributed by atoms with Gasteiger partial charge in [0.15, 0.2) is 0 Å². The largest absolute Gasteiger partial charge is 0.480 e. The molecular weight excluding hydrogens is 342 g/mol. The highest BCUT2D eigenvalue weighted by Gasteiger charge is 2.25. The van der Waals surface area contributed by atoms with Gasteiger partial charge in [-0.25, -0.2) is 4.79 Å². The number of piperidine rings is 1. The molecule has 1 amide bonds. The van der Waals surface area contributed by atoms with Crippen LogP contribution in [0, 0.1) is 0 Å². The van der Waals surface area contributed by atoms with E-state index in [0.29, 0.717) is 25.9 Å². The average Bonchev–Trinajstić information content (AvgIpc) is 2.55. The van der Waals surface area contributed by atoms with Crippen LogP contribution in [0.1, 0.15) is 53.4 Å². The minimum Gasteiger partial charge on any atom is -0.480 e. The fraction of sp³-hybridized carbons (Fsp3) is 0.529. The van der Waals surface area contributed by atoms with Gasteiger partial charge in [0.25, 0.3) is 5.91 Å². The van der Waals surface area contributed by atoms with Crippen molar-refractivity contribution in [3.8, 4) is 0 Å². The lowest BCUT2D eigenvalue weighted by Crippen LogP contribution is -2.46. The minimum absolute atomic E-state index is 0.0413. The summed E-state index contributed by atoms with van der Waals surface area (Å²) in [6.45, 7) is 4.65. The minimum atomic E-state index is -1.37. The molecule has 2 heterocycles. The van der Waals surface area contributed by atoms with Gasteiger partial charge in [0, 0.05) is 37.6 Å². The molecule has 0 aliphatic carbocycles. The Morgan fingerprint density at radius 1 is 1.15 bits per heavy atom. The van der Waals surface area contributed by atoms with E-state index < -0.39 is 28.8 Å². The lowest BCUT2D eigenvalue weighted by molar-refractivity contribution is -0.138. The Labute approximate surface area is 150 Å². The van der Waals surface area contributed by atoms with Crippen molar-refractivity contribution in [1.29, 1.82) is 0 Å². The predicted molar refractivity (Wildman–Crippen MR) is 92.6 cm³/mol. The van der Waals surface area contributed by atoms with Gasteiger partial charge in [-0.1, -0.05) is 0 Å². The van der Waals surface area contributed by atoms with Crippen LogP contribution in [0.5, 0.6) is 0 Å². The molecule has 1 fully saturated rings. The first-order valence-corrected chi connectivity index (χ1v) is 8.43. The maximum Gasteiger partial charge on any atom is 0.341 e. The van der Waals surface area contributed by atoms with Gasteiger partial charge < -0.3 is 20.1 Å². The van der Waals surface area contributed by atoms with E-state index in [1.165, 1.54) is 17.0 Å². The Kier molecular flexibility index (Phi) is 6.14. The molecule has 0 spiro atoms. The molecule has 3 N–H and O–H groups in total. The van der Waals surface area contributed by atoms with E-state index in [2.05, 4.69) is 5.32 Å². The molecule has 0 radical (unpaired) electrons. The van der Waals surface area contributed by atoms with Gasteiger partial charge >= 0.3 is 11.9 Å². The molecule has 1 aliphatic heterocycles. The molecule has 0 aromatic carbocycles. The number of carbonyl (C=O) groups excluding carboxylic acids is 1. The Hall–Kier alpha value is -2.68. The number of carbonyl (C=O) groups is 3. The standard InChI is InChI=1S/C17H23N3O6/c1-10(2)20-7-12(15(23)13(8-20)17(25)26)16(24)18-11-3-5-19(6-4-11)9-14(21)22/h7-8,10-11H,3-6,9H2,1-2H3,(H,18,24)(H,21,22)(H,25,26). The smallest absolute Gasteiger partial charge is 0.341 e. The molecule has 26 heavy (non-hydrogen) atoms. The number of carboxylic acid groups (broad SMARTS) is 2. The van der Waals surface area contributed by atoms with Gasteiger partial charge in [-0.15, -0.1) is 0 Å². The molecule has 0 atom stereocenters. The summed E-state index contributed by atoms with van der Waals surface area (Å²) in [7, 11) is 0. The number of aromatic carboxylic acids is 1. The Bertz CT molecular complexity index is 762. The molecular formula is C17H23N3O6. The highest BCUT2D eigenvalue weighted by molar-refractivity contribution is 5.97. The Morgan fingerprint density at radius 2 is 1.73 bits per heavy atom. The van der Waals surface area contributed by atoms with Crippen LogP contribution >= 0.6 is 0 Å². The van der Waals surface area contributed by atoms with Crippen LogP contribution in [-0.2, 0) is 4.79 Å². The number of aromatic nitrogens is 1. The zero-order chi connectivity index (χ0) is 19.4. The van der Waals surface area contributed by atoms with Gasteiger partial charge in [0.05, 0.1) is 6.54 Å². The first-order valence-electron chi connectivity index (χ1n) is 8.43. The summed E-state index contributed by atoms with van der Waals surface area (Å²) in [5, 5.41) is 20.8. The topological polar surface area (TPSA) is 129 Å². The normalized spacial score (nSPS) is 15.8. The fourth-order valence-electron chi connectivity index (χ4n) is 2.90. The number of likely N-dealkylation sites (tertiary alicyclic amines) is 1. The van der Waals surface area contributed by atoms with E-state index >= 15 is 0 Å². The van der Waals surface area contributed by atoms with Crippen LogP contribution in [0.2, 0.25) is 0 Å². The third kappa shape index (κ3) is 4.69. The summed E-state index contributed by atoms with van der Waals surface area (Å²) in [4.78, 5) is 48.6. The number of nitrogens with one attached hydrogen (secondary N) is 1.